The summed E-state index contributed by atoms with van der Waals surface area (Å²) in [4.78, 5) is 73.4. The van der Waals surface area contributed by atoms with E-state index in [2.05, 4.69) is 271 Å². The van der Waals surface area contributed by atoms with Gasteiger partial charge in [0.1, 0.15) is 19.3 Å². The first-order chi connectivity index (χ1) is 56.7. The largest absolute Gasteiger partial charge is 0.472 e. The monoisotopic (exact) mass is 1650 g/mol. The van der Waals surface area contributed by atoms with Gasteiger partial charge in [0.25, 0.3) is 0 Å². The van der Waals surface area contributed by atoms with Gasteiger partial charge in [-0.15, -0.1) is 0 Å². The molecule has 0 saturated carbocycles. The first kappa shape index (κ1) is 109. The van der Waals surface area contributed by atoms with Gasteiger partial charge in [-0.05, 0) is 205 Å². The molecule has 4 atom stereocenters. The molecule has 2 unspecified atom stereocenters. The van der Waals surface area contributed by atoms with Crippen LogP contribution >= 0.6 is 15.6 Å². The highest BCUT2D eigenvalue weighted by atomic mass is 31.2. The third-order valence-corrected chi connectivity index (χ3v) is 18.7. The van der Waals surface area contributed by atoms with E-state index in [1.807, 2.05) is 0 Å². The summed E-state index contributed by atoms with van der Waals surface area (Å²) >= 11 is 0. The number of hydrogen-bond acceptors (Lipinski definition) is 15. The average Bonchev–Trinajstić information content (AvgIpc) is 0.898. The van der Waals surface area contributed by atoms with Gasteiger partial charge >= 0.3 is 39.5 Å². The lowest BCUT2D eigenvalue weighted by Gasteiger charge is -2.21. The maximum absolute atomic E-state index is 13.2. The molecule has 116 heavy (non-hydrogen) atoms. The minimum atomic E-state index is -5.02. The molecule has 0 heterocycles. The van der Waals surface area contributed by atoms with Gasteiger partial charge < -0.3 is 33.8 Å². The number of carbonyl (C=O) groups excluding carboxylic acids is 4. The molecule has 0 aromatic rings. The lowest BCUT2D eigenvalue weighted by Crippen LogP contribution is -2.30. The van der Waals surface area contributed by atoms with Crippen LogP contribution in [0.1, 0.15) is 285 Å². The molecule has 0 radical (unpaired) electrons. The third kappa shape index (κ3) is 84.8. The molecule has 0 amide bonds. The van der Waals surface area contributed by atoms with Gasteiger partial charge in [0.2, 0.25) is 0 Å². The maximum atomic E-state index is 13.2. The number of phosphoric ester groups is 2. The summed E-state index contributed by atoms with van der Waals surface area (Å²) in [7, 11) is -10.0. The molecule has 0 aromatic heterocycles. The van der Waals surface area contributed by atoms with Crippen molar-refractivity contribution in [3.05, 3.63) is 243 Å². The van der Waals surface area contributed by atoms with Gasteiger partial charge in [-0.25, -0.2) is 9.13 Å². The van der Waals surface area contributed by atoms with E-state index in [4.69, 9.17) is 37.0 Å². The highest BCUT2D eigenvalue weighted by Crippen LogP contribution is 2.45. The van der Waals surface area contributed by atoms with Crippen molar-refractivity contribution < 1.29 is 80.2 Å². The van der Waals surface area contributed by atoms with Crippen LogP contribution in [-0.2, 0) is 65.4 Å². The molecule has 0 aliphatic heterocycles. The summed E-state index contributed by atoms with van der Waals surface area (Å²) in [6, 6.07) is 0. The van der Waals surface area contributed by atoms with E-state index < -0.39 is 97.5 Å². The minimum Gasteiger partial charge on any atom is -0.462 e. The van der Waals surface area contributed by atoms with E-state index in [1.54, 1.807) is 0 Å². The topological polar surface area (TPSA) is 237 Å². The van der Waals surface area contributed by atoms with Crippen molar-refractivity contribution >= 4 is 39.5 Å². The lowest BCUT2D eigenvalue weighted by atomic mass is 10.1. The van der Waals surface area contributed by atoms with Crippen molar-refractivity contribution in [2.24, 2.45) is 0 Å². The predicted molar refractivity (Wildman–Crippen MR) is 481 cm³/mol. The number of phosphoric acid groups is 2. The molecule has 0 saturated heterocycles. The summed E-state index contributed by atoms with van der Waals surface area (Å²) in [6.45, 7) is 4.24. The van der Waals surface area contributed by atoms with E-state index in [1.165, 1.54) is 0 Å². The zero-order valence-corrected chi connectivity index (χ0v) is 73.1. The number of hydrogen-bond donors (Lipinski definition) is 3. The van der Waals surface area contributed by atoms with Crippen molar-refractivity contribution in [3.8, 4) is 0 Å². The molecule has 0 bridgehead atoms. The molecular formula is C97H150O17P2. The average molecular weight is 1650 g/mol. The van der Waals surface area contributed by atoms with E-state index >= 15 is 0 Å². The number of aliphatic hydroxyl groups is 1. The molecular weight excluding hydrogens is 1500 g/mol. The number of rotatable bonds is 78. The Bertz CT molecular complexity index is 2950. The Morgan fingerprint density at radius 1 is 0.241 bits per heavy atom. The first-order valence-corrected chi connectivity index (χ1v) is 46.3. The maximum Gasteiger partial charge on any atom is 0.472 e. The molecule has 0 aliphatic carbocycles. The second-order valence-corrected chi connectivity index (χ2v) is 30.5. The van der Waals surface area contributed by atoms with Crippen molar-refractivity contribution in [1.29, 1.82) is 0 Å². The summed E-state index contributed by atoms with van der Waals surface area (Å²) in [5, 5.41) is 10.7. The fraction of sp³-hybridized carbons (Fsp3) is 0.546. The Morgan fingerprint density at radius 3 is 0.629 bits per heavy atom. The third-order valence-electron chi connectivity index (χ3n) is 16.8. The summed E-state index contributed by atoms with van der Waals surface area (Å²) in [5.74, 6) is -2.35. The lowest BCUT2D eigenvalue weighted by molar-refractivity contribution is -0.161. The van der Waals surface area contributed by atoms with Crippen LogP contribution in [0.25, 0.3) is 0 Å². The van der Waals surface area contributed by atoms with Crippen LogP contribution in [-0.4, -0.2) is 96.7 Å². The molecule has 0 rings (SSSR count). The quantitative estimate of drug-likeness (QED) is 0.0169. The fourth-order valence-electron chi connectivity index (χ4n) is 10.4. The summed E-state index contributed by atoms with van der Waals surface area (Å²) in [5.41, 5.74) is 0. The molecule has 17 nitrogen and oxygen atoms in total. The van der Waals surface area contributed by atoms with Gasteiger partial charge in [0.15, 0.2) is 12.2 Å². The highest BCUT2D eigenvalue weighted by molar-refractivity contribution is 7.47. The normalized spacial score (nSPS) is 14.9. The number of allylic oxidation sites excluding steroid dienone is 40. The van der Waals surface area contributed by atoms with Crippen LogP contribution in [0.2, 0.25) is 0 Å². The van der Waals surface area contributed by atoms with E-state index in [0.717, 1.165) is 205 Å². The predicted octanol–water partition coefficient (Wildman–Crippen LogP) is 26.3. The molecule has 0 fully saturated rings. The van der Waals surface area contributed by atoms with Crippen LogP contribution in [0, 0.1) is 0 Å². The van der Waals surface area contributed by atoms with E-state index in [9.17, 15) is 43.2 Å². The second-order valence-electron chi connectivity index (χ2n) is 27.6. The zero-order valence-electron chi connectivity index (χ0n) is 71.3. The molecule has 19 heteroatoms. The summed E-state index contributed by atoms with van der Waals surface area (Å²) < 4.78 is 68.8. The Morgan fingerprint density at radius 2 is 0.422 bits per heavy atom. The van der Waals surface area contributed by atoms with Crippen molar-refractivity contribution in [2.75, 3.05) is 39.6 Å². The SMILES string of the molecule is CC/C=C\C/C=C\C/C=C\C/C=C\C/C=C\CCCCCC(=O)OC[C@H](COP(=O)(O)OCC(O)COP(=O)(O)OC[C@@H](COC(=O)CCCCC/C=C\C/C=C\C/C=C\C/C=C\C/C=C\CC)OC(=O)CCCCC/C=C\C/C=C\C/C=C\C/C=C\C/C=C\CC)OC(=O)CCCCC/C=C\C/C=C\C/C=C\C/C=C\C/C=C\CC. The Labute approximate surface area is 701 Å². The number of carbonyl (C=O) groups is 4. The fourth-order valence-corrected chi connectivity index (χ4v) is 12.0. The minimum absolute atomic E-state index is 0.0351. The van der Waals surface area contributed by atoms with Crippen LogP contribution in [0.15, 0.2) is 243 Å². The standard InChI is InChI=1S/C97H150O17P2/c1-5-9-13-17-21-25-29-33-37-41-45-49-53-57-61-65-69-73-77-81-94(99)107-87-92(113-96(101)83-79-75-71-67-63-59-55-51-47-43-39-35-31-27-23-19-15-11-7-3)89-111-115(103,104)109-85-91(98)86-110-116(105,106)112-90-93(114-97(102)84-80-76-72-68-64-60-56-52-48-44-40-36-32-28-24-20-16-12-8-4)88-108-95(100)82-78-74-70-66-62-58-54-50-46-42-38-34-30-26-22-18-14-10-6-2/h9-16,21-28,33-40,45-52,57-64,91-93,98H,5-8,17-20,29-32,41-44,53-56,65-90H2,1-4H3,(H,103,104)(H,105,106)/b13-9-,14-10-,15-11-,16-12-,25-21-,26-22-,27-23-,28-24-,37-33-,38-34-,39-35-,40-36-,49-45-,50-46-,51-47-,52-48-,61-57-,62-58-,63-59-,64-60-/t92-,93-/m1/s1. The van der Waals surface area contributed by atoms with Crippen LogP contribution in [0.5, 0.6) is 0 Å². The molecule has 0 aliphatic rings. The van der Waals surface area contributed by atoms with Crippen molar-refractivity contribution in [1.82, 2.24) is 0 Å². The van der Waals surface area contributed by atoms with Gasteiger partial charge in [-0.1, -0.05) is 296 Å². The van der Waals surface area contributed by atoms with Crippen molar-refractivity contribution in [3.63, 3.8) is 0 Å². The molecule has 650 valence electrons. The Kier molecular flexibility index (Phi) is 80.5. The Hall–Kier alpha value is -7.14. The molecule has 0 spiro atoms. The summed E-state index contributed by atoms with van der Waals surface area (Å²) in [6.07, 6.45) is 113. The zero-order chi connectivity index (χ0) is 84.5. The number of aliphatic hydroxyl groups excluding tert-OH is 1. The van der Waals surface area contributed by atoms with Gasteiger partial charge in [-0.3, -0.25) is 37.3 Å². The van der Waals surface area contributed by atoms with E-state index in [0.29, 0.717) is 25.7 Å². The Balaban J connectivity index is 5.58. The number of esters is 4. The number of ether oxygens (including phenoxy) is 4. The highest BCUT2D eigenvalue weighted by Gasteiger charge is 2.30. The van der Waals surface area contributed by atoms with Crippen LogP contribution in [0.4, 0.5) is 0 Å². The first-order valence-electron chi connectivity index (χ1n) is 43.3. The molecule has 3 N–H and O–H groups in total. The van der Waals surface area contributed by atoms with Gasteiger partial charge in [0, 0.05) is 25.7 Å². The van der Waals surface area contributed by atoms with Gasteiger partial charge in [0.05, 0.1) is 26.4 Å². The second kappa shape index (κ2) is 85.7. The molecule has 0 aromatic carbocycles. The smallest absolute Gasteiger partial charge is 0.462 e. The van der Waals surface area contributed by atoms with Crippen molar-refractivity contribution in [2.45, 2.75) is 303 Å². The van der Waals surface area contributed by atoms with E-state index in [-0.39, 0.29) is 25.7 Å². The van der Waals surface area contributed by atoms with Crippen LogP contribution < -0.4 is 0 Å². The van der Waals surface area contributed by atoms with Crippen LogP contribution in [0.3, 0.4) is 0 Å². The van der Waals surface area contributed by atoms with Gasteiger partial charge in [-0.2, -0.15) is 0 Å². The number of unbranched alkanes of at least 4 members (excludes halogenated alkanes) is 12.